The molecule has 0 bridgehead atoms. The summed E-state index contributed by atoms with van der Waals surface area (Å²) in [6.45, 7) is 4.09. The topological polar surface area (TPSA) is 22.1 Å². The first kappa shape index (κ1) is 21.7. The molecule has 0 unspecified atom stereocenters. The number of halogens is 2. The lowest BCUT2D eigenvalue weighted by molar-refractivity contribution is 0.361. The third kappa shape index (κ3) is 5.38. The van der Waals surface area contributed by atoms with E-state index in [1.165, 1.54) is 12.1 Å². The van der Waals surface area contributed by atoms with Gasteiger partial charge in [-0.3, -0.25) is 4.98 Å². The Morgan fingerprint density at radius 2 is 1.59 bits per heavy atom. The molecule has 4 heteroatoms. The molecule has 0 saturated heterocycles. The number of hydrogen-bond acceptors (Lipinski definition) is 2. The number of nitrogens with zero attached hydrogens (tertiary/aromatic N) is 1. The van der Waals surface area contributed by atoms with Crippen LogP contribution in [0.4, 0.5) is 8.78 Å². The molecule has 1 aromatic heterocycles. The van der Waals surface area contributed by atoms with Crippen molar-refractivity contribution in [1.29, 1.82) is 0 Å². The zero-order valence-corrected chi connectivity index (χ0v) is 17.9. The summed E-state index contributed by atoms with van der Waals surface area (Å²) in [7, 11) is 0. The Morgan fingerprint density at radius 1 is 0.812 bits per heavy atom. The highest BCUT2D eigenvalue weighted by Crippen LogP contribution is 2.24. The summed E-state index contributed by atoms with van der Waals surface area (Å²) in [6.07, 6.45) is 6.29. The van der Waals surface area contributed by atoms with E-state index in [1.807, 2.05) is 42.5 Å². The summed E-state index contributed by atoms with van der Waals surface area (Å²) in [5, 5.41) is 1.53. The van der Waals surface area contributed by atoms with Gasteiger partial charge >= 0.3 is 0 Å². The van der Waals surface area contributed by atoms with Crippen molar-refractivity contribution < 1.29 is 13.5 Å². The van der Waals surface area contributed by atoms with Crippen LogP contribution in [-0.2, 0) is 25.7 Å². The predicted molar refractivity (Wildman–Crippen MR) is 125 cm³/mol. The van der Waals surface area contributed by atoms with Gasteiger partial charge in [-0.1, -0.05) is 55.1 Å². The average Bonchev–Trinajstić information content (AvgIpc) is 2.82. The van der Waals surface area contributed by atoms with Crippen molar-refractivity contribution in [2.75, 3.05) is 6.61 Å². The molecule has 2 nitrogen and oxygen atoms in total. The van der Waals surface area contributed by atoms with Crippen molar-refractivity contribution in [2.45, 2.75) is 25.7 Å². The first-order chi connectivity index (χ1) is 15.6. The van der Waals surface area contributed by atoms with Crippen LogP contribution in [-0.4, -0.2) is 11.6 Å². The highest BCUT2D eigenvalue weighted by molar-refractivity contribution is 5.84. The van der Waals surface area contributed by atoms with Crippen LogP contribution in [0.5, 0.6) is 5.75 Å². The Morgan fingerprint density at radius 3 is 2.34 bits per heavy atom. The molecular formula is C28H25F2NO. The number of benzene rings is 3. The van der Waals surface area contributed by atoms with Gasteiger partial charge in [0.25, 0.3) is 0 Å². The molecule has 4 rings (SSSR count). The first-order valence-corrected chi connectivity index (χ1v) is 10.8. The molecule has 0 atom stereocenters. The molecule has 0 aliphatic carbocycles. The lowest BCUT2D eigenvalue weighted by Gasteiger charge is -2.09. The molecule has 0 aliphatic heterocycles. The molecule has 0 spiro atoms. The minimum Gasteiger partial charge on any atom is -0.488 e. The normalized spacial score (nSPS) is 10.9. The van der Waals surface area contributed by atoms with E-state index in [9.17, 15) is 4.39 Å². The maximum absolute atomic E-state index is 15.1. The van der Waals surface area contributed by atoms with Gasteiger partial charge < -0.3 is 4.74 Å². The van der Waals surface area contributed by atoms with Crippen LogP contribution >= 0.6 is 0 Å². The fourth-order valence-electron chi connectivity index (χ4n) is 3.74. The second-order valence-corrected chi connectivity index (χ2v) is 7.81. The first-order valence-electron chi connectivity index (χ1n) is 10.8. The number of rotatable bonds is 9. The Kier molecular flexibility index (Phi) is 6.90. The molecule has 0 amide bonds. The quantitative estimate of drug-likeness (QED) is 0.278. The van der Waals surface area contributed by atoms with Crippen LogP contribution in [0.2, 0.25) is 0 Å². The molecule has 32 heavy (non-hydrogen) atoms. The third-order valence-electron chi connectivity index (χ3n) is 5.53. The Bertz CT molecular complexity index is 1200. The van der Waals surface area contributed by atoms with Crippen molar-refractivity contribution >= 4 is 10.8 Å². The Hall–Kier alpha value is -3.53. The molecule has 4 aromatic rings. The van der Waals surface area contributed by atoms with Gasteiger partial charge in [0.05, 0.1) is 6.20 Å². The van der Waals surface area contributed by atoms with E-state index < -0.39 is 0 Å². The summed E-state index contributed by atoms with van der Waals surface area (Å²) in [5.74, 6) is 0.296. The zero-order chi connectivity index (χ0) is 22.3. The number of aryl methyl sites for hydroxylation is 4. The fourth-order valence-corrected chi connectivity index (χ4v) is 3.74. The SMILES string of the molecule is C=CCOc1ccc(CCc2ccc3c(F)c(CCc4ccc(F)cc4)ccc3c2)nc1. The molecular weight excluding hydrogens is 404 g/mol. The van der Waals surface area contributed by atoms with Gasteiger partial charge in [-0.25, -0.2) is 8.78 Å². The minimum absolute atomic E-state index is 0.173. The molecule has 0 radical (unpaired) electrons. The van der Waals surface area contributed by atoms with Crippen LogP contribution in [0, 0.1) is 11.6 Å². The third-order valence-corrected chi connectivity index (χ3v) is 5.53. The van der Waals surface area contributed by atoms with Gasteiger partial charge in [-0.05, 0) is 72.0 Å². The monoisotopic (exact) mass is 429 g/mol. The minimum atomic E-state index is -0.258. The molecule has 0 fully saturated rings. The second-order valence-electron chi connectivity index (χ2n) is 7.81. The lowest BCUT2D eigenvalue weighted by atomic mass is 9.98. The van der Waals surface area contributed by atoms with E-state index in [-0.39, 0.29) is 11.6 Å². The van der Waals surface area contributed by atoms with Gasteiger partial charge in [0.15, 0.2) is 0 Å². The number of pyridine rings is 1. The zero-order valence-electron chi connectivity index (χ0n) is 17.9. The van der Waals surface area contributed by atoms with Crippen molar-refractivity contribution in [1.82, 2.24) is 4.98 Å². The van der Waals surface area contributed by atoms with Crippen molar-refractivity contribution in [3.05, 3.63) is 120 Å². The molecule has 0 aliphatic rings. The molecule has 162 valence electrons. The summed E-state index contributed by atoms with van der Waals surface area (Å²) < 4.78 is 33.6. The maximum atomic E-state index is 15.1. The van der Waals surface area contributed by atoms with E-state index in [2.05, 4.69) is 11.6 Å². The van der Waals surface area contributed by atoms with Crippen LogP contribution in [0.15, 0.2) is 85.6 Å². The highest BCUT2D eigenvalue weighted by atomic mass is 19.1. The summed E-state index contributed by atoms with van der Waals surface area (Å²) >= 11 is 0. The van der Waals surface area contributed by atoms with Gasteiger partial charge in [-0.15, -0.1) is 0 Å². The van der Waals surface area contributed by atoms with Gasteiger partial charge in [-0.2, -0.15) is 0 Å². The largest absolute Gasteiger partial charge is 0.488 e. The number of fused-ring (bicyclic) bond motifs is 1. The van der Waals surface area contributed by atoms with E-state index in [0.717, 1.165) is 40.8 Å². The van der Waals surface area contributed by atoms with E-state index >= 15 is 4.39 Å². The summed E-state index contributed by atoms with van der Waals surface area (Å²) in [4.78, 5) is 4.44. The van der Waals surface area contributed by atoms with E-state index in [0.29, 0.717) is 30.4 Å². The van der Waals surface area contributed by atoms with Crippen LogP contribution in [0.1, 0.15) is 22.4 Å². The van der Waals surface area contributed by atoms with Crippen molar-refractivity contribution in [2.24, 2.45) is 0 Å². The summed E-state index contributed by atoms with van der Waals surface area (Å²) in [6, 6.07) is 20.0. The van der Waals surface area contributed by atoms with Gasteiger partial charge in [0.2, 0.25) is 0 Å². The molecule has 3 aromatic carbocycles. The van der Waals surface area contributed by atoms with Crippen molar-refractivity contribution in [3.63, 3.8) is 0 Å². The molecule has 0 N–H and O–H groups in total. The fraction of sp³-hybridized carbons (Fsp3) is 0.179. The second kappa shape index (κ2) is 10.2. The van der Waals surface area contributed by atoms with Crippen LogP contribution < -0.4 is 4.74 Å². The highest BCUT2D eigenvalue weighted by Gasteiger charge is 2.09. The summed E-state index contributed by atoms with van der Waals surface area (Å²) in [5.41, 5.74) is 3.80. The number of aromatic nitrogens is 1. The van der Waals surface area contributed by atoms with Crippen LogP contribution in [0.25, 0.3) is 10.8 Å². The number of hydrogen-bond donors (Lipinski definition) is 0. The average molecular weight is 430 g/mol. The van der Waals surface area contributed by atoms with E-state index in [4.69, 9.17) is 4.74 Å². The Balaban J connectivity index is 1.41. The molecule has 1 heterocycles. The lowest BCUT2D eigenvalue weighted by Crippen LogP contribution is -1.98. The smallest absolute Gasteiger partial charge is 0.138 e. The maximum Gasteiger partial charge on any atom is 0.138 e. The van der Waals surface area contributed by atoms with Crippen LogP contribution in [0.3, 0.4) is 0 Å². The van der Waals surface area contributed by atoms with Gasteiger partial charge in [0, 0.05) is 11.1 Å². The van der Waals surface area contributed by atoms with E-state index in [1.54, 1.807) is 24.4 Å². The standard InChI is InChI=1S/C28H25F2NO/c1-2-17-32-26-15-14-25(31-19-26)13-6-21-7-16-27-23(18-21)10-9-22(28(27)30)8-3-20-4-11-24(29)12-5-20/h2,4-5,7,9-12,14-16,18-19H,1,3,6,8,13,17H2. The van der Waals surface area contributed by atoms with Crippen molar-refractivity contribution in [3.8, 4) is 5.75 Å². The predicted octanol–water partition coefficient (Wildman–Crippen LogP) is 6.65. The Labute approximate surface area is 187 Å². The number of ether oxygens (including phenoxy) is 1. The van der Waals surface area contributed by atoms with Gasteiger partial charge in [0.1, 0.15) is 24.0 Å². The molecule has 0 saturated carbocycles.